The number of nitro groups is 1. The van der Waals surface area contributed by atoms with Gasteiger partial charge >= 0.3 is 0 Å². The fraction of sp³-hybridized carbons (Fsp3) is 0.0769. The van der Waals surface area contributed by atoms with E-state index in [1.165, 1.54) is 17.8 Å². The molecule has 0 fully saturated rings. The Labute approximate surface area is 104 Å². The van der Waals surface area contributed by atoms with Crippen LogP contribution in [0.2, 0.25) is 0 Å². The highest BCUT2D eigenvalue weighted by molar-refractivity contribution is 7.99. The number of nitro benzene ring substituents is 1. The van der Waals surface area contributed by atoms with Crippen molar-refractivity contribution in [3.63, 3.8) is 0 Å². The van der Waals surface area contributed by atoms with Crippen molar-refractivity contribution >= 4 is 17.4 Å². The van der Waals surface area contributed by atoms with Gasteiger partial charge in [-0.25, -0.2) is 0 Å². The average Bonchev–Trinajstić information content (AvgIpc) is 2.29. The van der Waals surface area contributed by atoms with Gasteiger partial charge in [0.05, 0.1) is 9.82 Å². The van der Waals surface area contributed by atoms with E-state index in [4.69, 9.17) is 0 Å². The fourth-order valence-electron chi connectivity index (χ4n) is 1.50. The Kier molecular flexibility index (Phi) is 3.44. The number of nitrogens with zero attached hydrogens (tertiary/aromatic N) is 1. The zero-order valence-electron chi connectivity index (χ0n) is 9.29. The number of hydrogen-bond acceptors (Lipinski definition) is 3. The Hall–Kier alpha value is -1.81. The van der Waals surface area contributed by atoms with E-state index in [0.29, 0.717) is 4.90 Å². The molecule has 2 aromatic carbocycles. The lowest BCUT2D eigenvalue weighted by molar-refractivity contribution is -0.387. The van der Waals surface area contributed by atoms with E-state index in [9.17, 15) is 10.1 Å². The molecule has 0 bridgehead atoms. The van der Waals surface area contributed by atoms with Crippen LogP contribution in [0.4, 0.5) is 5.69 Å². The molecule has 0 aliphatic heterocycles. The van der Waals surface area contributed by atoms with Gasteiger partial charge in [-0.3, -0.25) is 10.1 Å². The van der Waals surface area contributed by atoms with Crippen LogP contribution in [0.15, 0.2) is 58.3 Å². The quantitative estimate of drug-likeness (QED) is 0.605. The first kappa shape index (κ1) is 11.7. The molecular weight excluding hydrogens is 234 g/mol. The molecule has 0 aliphatic carbocycles. The van der Waals surface area contributed by atoms with Crippen LogP contribution in [0.3, 0.4) is 0 Å². The van der Waals surface area contributed by atoms with E-state index >= 15 is 0 Å². The van der Waals surface area contributed by atoms with Crippen LogP contribution in [0.1, 0.15) is 5.56 Å². The van der Waals surface area contributed by atoms with E-state index < -0.39 is 0 Å². The Morgan fingerprint density at radius 1 is 1.12 bits per heavy atom. The van der Waals surface area contributed by atoms with Crippen molar-refractivity contribution in [3.05, 3.63) is 64.2 Å². The SMILES string of the molecule is Cc1cccc(Sc2ccccc2[N+](=O)[O-])c1. The second-order valence-electron chi connectivity index (χ2n) is 3.64. The molecule has 2 aromatic rings. The first-order chi connectivity index (χ1) is 8.16. The van der Waals surface area contributed by atoms with Crippen molar-refractivity contribution in [1.82, 2.24) is 0 Å². The molecule has 0 saturated carbocycles. The lowest BCUT2D eigenvalue weighted by Gasteiger charge is -2.03. The molecule has 17 heavy (non-hydrogen) atoms. The van der Waals surface area contributed by atoms with Crippen molar-refractivity contribution in [2.75, 3.05) is 0 Å². The number of rotatable bonds is 3. The molecule has 0 saturated heterocycles. The van der Waals surface area contributed by atoms with E-state index in [1.807, 2.05) is 37.3 Å². The maximum absolute atomic E-state index is 10.9. The molecule has 0 N–H and O–H groups in total. The summed E-state index contributed by atoms with van der Waals surface area (Å²) >= 11 is 1.42. The lowest BCUT2D eigenvalue weighted by Crippen LogP contribution is -1.89. The summed E-state index contributed by atoms with van der Waals surface area (Å²) in [5, 5.41) is 10.9. The number of benzene rings is 2. The zero-order chi connectivity index (χ0) is 12.3. The average molecular weight is 245 g/mol. The van der Waals surface area contributed by atoms with Crippen LogP contribution in [0.25, 0.3) is 0 Å². The summed E-state index contributed by atoms with van der Waals surface area (Å²) in [6.07, 6.45) is 0. The van der Waals surface area contributed by atoms with Gasteiger partial charge in [0.15, 0.2) is 0 Å². The maximum Gasteiger partial charge on any atom is 0.283 e. The van der Waals surface area contributed by atoms with Crippen molar-refractivity contribution in [2.24, 2.45) is 0 Å². The number of aryl methyl sites for hydroxylation is 1. The van der Waals surface area contributed by atoms with Crippen molar-refractivity contribution in [3.8, 4) is 0 Å². The molecule has 0 spiro atoms. The van der Waals surface area contributed by atoms with Gasteiger partial charge in [-0.15, -0.1) is 0 Å². The Bertz CT molecular complexity index is 555. The second-order valence-corrected chi connectivity index (χ2v) is 4.76. The van der Waals surface area contributed by atoms with Crippen molar-refractivity contribution in [2.45, 2.75) is 16.7 Å². The van der Waals surface area contributed by atoms with E-state index in [-0.39, 0.29) is 10.6 Å². The summed E-state index contributed by atoms with van der Waals surface area (Å²) in [6, 6.07) is 14.7. The molecule has 0 amide bonds. The molecule has 0 unspecified atom stereocenters. The zero-order valence-corrected chi connectivity index (χ0v) is 10.1. The monoisotopic (exact) mass is 245 g/mol. The van der Waals surface area contributed by atoms with Gasteiger partial charge < -0.3 is 0 Å². The van der Waals surface area contributed by atoms with Crippen LogP contribution in [0, 0.1) is 17.0 Å². The molecule has 2 rings (SSSR count). The largest absolute Gasteiger partial charge is 0.283 e. The lowest BCUT2D eigenvalue weighted by atomic mass is 10.2. The Balaban J connectivity index is 2.33. The van der Waals surface area contributed by atoms with Gasteiger partial charge in [0.2, 0.25) is 0 Å². The normalized spacial score (nSPS) is 10.2. The predicted octanol–water partition coefficient (Wildman–Crippen LogP) is 4.05. The van der Waals surface area contributed by atoms with Gasteiger partial charge in [-0.05, 0) is 25.1 Å². The highest BCUT2D eigenvalue weighted by atomic mass is 32.2. The van der Waals surface area contributed by atoms with Crippen LogP contribution < -0.4 is 0 Å². The third-order valence-corrected chi connectivity index (χ3v) is 3.33. The molecule has 0 atom stereocenters. The van der Waals surface area contributed by atoms with Crippen LogP contribution in [-0.4, -0.2) is 4.92 Å². The summed E-state index contributed by atoms with van der Waals surface area (Å²) in [7, 11) is 0. The van der Waals surface area contributed by atoms with Gasteiger partial charge in [0.25, 0.3) is 5.69 Å². The number of para-hydroxylation sites is 1. The van der Waals surface area contributed by atoms with Crippen LogP contribution >= 0.6 is 11.8 Å². The predicted molar refractivity (Wildman–Crippen MR) is 68.4 cm³/mol. The molecule has 0 aromatic heterocycles. The molecule has 0 heterocycles. The highest BCUT2D eigenvalue weighted by Gasteiger charge is 2.13. The molecular formula is C13H11NO2S. The minimum absolute atomic E-state index is 0.152. The van der Waals surface area contributed by atoms with E-state index in [2.05, 4.69) is 0 Å². The summed E-state index contributed by atoms with van der Waals surface area (Å²) in [5.74, 6) is 0. The van der Waals surface area contributed by atoms with Crippen molar-refractivity contribution in [1.29, 1.82) is 0 Å². The van der Waals surface area contributed by atoms with Gasteiger partial charge in [-0.1, -0.05) is 41.6 Å². The second kappa shape index (κ2) is 5.01. The first-order valence-corrected chi connectivity index (χ1v) is 5.96. The Morgan fingerprint density at radius 3 is 2.59 bits per heavy atom. The standard InChI is InChI=1S/C13H11NO2S/c1-10-5-4-6-11(9-10)17-13-8-3-2-7-12(13)14(15)16/h2-9H,1H3. The Morgan fingerprint density at radius 2 is 1.88 bits per heavy atom. The molecule has 3 nitrogen and oxygen atoms in total. The van der Waals surface area contributed by atoms with Crippen LogP contribution in [-0.2, 0) is 0 Å². The highest BCUT2D eigenvalue weighted by Crippen LogP contribution is 2.34. The summed E-state index contributed by atoms with van der Waals surface area (Å²) in [4.78, 5) is 12.2. The number of hydrogen-bond donors (Lipinski definition) is 0. The van der Waals surface area contributed by atoms with Gasteiger partial charge in [-0.2, -0.15) is 0 Å². The third kappa shape index (κ3) is 2.85. The first-order valence-electron chi connectivity index (χ1n) is 5.15. The summed E-state index contributed by atoms with van der Waals surface area (Å²) in [6.45, 7) is 2.00. The smallest absolute Gasteiger partial charge is 0.258 e. The minimum Gasteiger partial charge on any atom is -0.258 e. The summed E-state index contributed by atoms with van der Waals surface area (Å²) in [5.41, 5.74) is 1.30. The minimum atomic E-state index is -0.349. The van der Waals surface area contributed by atoms with Gasteiger partial charge in [0, 0.05) is 11.0 Å². The molecule has 4 heteroatoms. The molecule has 86 valence electrons. The fourth-order valence-corrected chi connectivity index (χ4v) is 2.54. The van der Waals surface area contributed by atoms with E-state index in [0.717, 1.165) is 10.5 Å². The van der Waals surface area contributed by atoms with E-state index in [1.54, 1.807) is 12.1 Å². The summed E-state index contributed by atoms with van der Waals surface area (Å²) < 4.78 is 0. The third-order valence-electron chi connectivity index (χ3n) is 2.28. The van der Waals surface area contributed by atoms with Gasteiger partial charge in [0.1, 0.15) is 0 Å². The molecule has 0 aliphatic rings. The molecule has 0 radical (unpaired) electrons. The van der Waals surface area contributed by atoms with Crippen molar-refractivity contribution < 1.29 is 4.92 Å². The topological polar surface area (TPSA) is 43.1 Å². The van der Waals surface area contributed by atoms with Crippen LogP contribution in [0.5, 0.6) is 0 Å². The maximum atomic E-state index is 10.9.